The van der Waals surface area contributed by atoms with Gasteiger partial charge in [-0.05, 0) is 0 Å². The molecule has 17 valence electrons. The zero-order valence-corrected chi connectivity index (χ0v) is 9.02. The van der Waals surface area contributed by atoms with Crippen molar-refractivity contribution >= 4 is 59.1 Å². The summed E-state index contributed by atoms with van der Waals surface area (Å²) in [6.45, 7) is 0. The van der Waals surface area contributed by atoms with Gasteiger partial charge in [0.2, 0.25) is 0 Å². The predicted molar refractivity (Wildman–Crippen MR) is 11.5 cm³/mol. The Labute approximate surface area is 91.4 Å². The van der Waals surface area contributed by atoms with Crippen LogP contribution in [0.15, 0.2) is 0 Å². The Morgan fingerprint density at radius 2 is 0.750 bits per heavy atom. The minimum absolute atomic E-state index is 0. The van der Waals surface area contributed by atoms with Gasteiger partial charge in [-0.1, -0.05) is 0 Å². The Hall–Kier alpha value is 3.04. The smallest absolute Gasteiger partial charge is 0 e. The van der Waals surface area contributed by atoms with Gasteiger partial charge in [0, 0.05) is 93.3 Å². The minimum Gasteiger partial charge on any atom is 0 e. The Kier molecular flexibility index (Phi) is 115. The van der Waals surface area contributed by atoms with E-state index in [0.29, 0.717) is 0 Å². The number of rotatable bonds is 0. The monoisotopic (exact) mass is 157 g/mol. The molecular weight excluding hydrogens is 157 g/mol. The van der Waals surface area contributed by atoms with Gasteiger partial charge in [-0.2, -0.15) is 0 Å². The van der Waals surface area contributed by atoms with Crippen LogP contribution in [0.1, 0.15) is 0 Å². The average Bonchev–Trinajstić information content (AvgIpc) is 0. The van der Waals surface area contributed by atoms with Crippen LogP contribution in [-0.2, 0) is 34.1 Å². The molecule has 0 nitrogen and oxygen atoms in total. The third-order valence-electron chi connectivity index (χ3n) is 0. The maximum absolute atomic E-state index is 0. The van der Waals surface area contributed by atoms with Crippen LogP contribution in [0.5, 0.6) is 0 Å². The van der Waals surface area contributed by atoms with Crippen LogP contribution in [-0.4, -0.2) is 59.1 Å². The molecule has 0 aromatic carbocycles. The fraction of sp³-hybridized carbons (Fsp3) is 0. The van der Waals surface area contributed by atoms with Crippen molar-refractivity contribution in [3.8, 4) is 0 Å². The summed E-state index contributed by atoms with van der Waals surface area (Å²) in [4.78, 5) is 0. The van der Waals surface area contributed by atoms with Gasteiger partial charge in [-0.3, -0.25) is 0 Å². The first-order valence-corrected chi connectivity index (χ1v) is 0. The molecule has 0 N–H and O–H groups in total. The normalized spacial score (nSPS) is 0. The second-order valence-electron chi connectivity index (χ2n) is 0. The van der Waals surface area contributed by atoms with Crippen LogP contribution in [0.25, 0.3) is 0 Å². The minimum atomic E-state index is 0. The van der Waals surface area contributed by atoms with E-state index in [-0.39, 0.29) is 93.3 Å². The van der Waals surface area contributed by atoms with Crippen LogP contribution in [0.3, 0.4) is 0 Å². The molecule has 0 spiro atoms. The van der Waals surface area contributed by atoms with Gasteiger partial charge in [-0.25, -0.2) is 0 Å². The molecule has 0 saturated carbocycles. The molecule has 0 aliphatic rings. The molecule has 0 aliphatic heterocycles. The summed E-state index contributed by atoms with van der Waals surface area (Å²) in [5, 5.41) is 0. The molecule has 0 aromatic rings. The molecule has 3 radical (unpaired) electrons. The van der Waals surface area contributed by atoms with Crippen molar-refractivity contribution in [1.82, 2.24) is 0 Å². The summed E-state index contributed by atoms with van der Waals surface area (Å²) >= 11 is 0. The van der Waals surface area contributed by atoms with E-state index < -0.39 is 0 Å². The average molecular weight is 157 g/mol. The van der Waals surface area contributed by atoms with Crippen molar-refractivity contribution < 1.29 is 34.1 Å². The Morgan fingerprint density at radius 3 is 0.750 bits per heavy atom. The Bertz CT molecular complexity index is 6.00. The second-order valence-corrected chi connectivity index (χ2v) is 0. The van der Waals surface area contributed by atoms with Gasteiger partial charge in [0.1, 0.15) is 0 Å². The maximum Gasteiger partial charge on any atom is 0 e. The maximum atomic E-state index is 0. The molecule has 0 saturated heterocycles. The van der Waals surface area contributed by atoms with Gasteiger partial charge in [0.05, 0.1) is 0 Å². The SMILES string of the molecule is [Fe].[Mn].[Na].[Na]. The van der Waals surface area contributed by atoms with Crippen molar-refractivity contribution in [2.24, 2.45) is 0 Å². The molecule has 0 bridgehead atoms. The van der Waals surface area contributed by atoms with E-state index in [1.54, 1.807) is 0 Å². The largest absolute Gasteiger partial charge is 0 e. The molecule has 0 rings (SSSR count). The molecule has 0 aromatic heterocycles. The Balaban J connectivity index is 0. The van der Waals surface area contributed by atoms with Gasteiger partial charge >= 0.3 is 0 Å². The number of hydrogen-bond acceptors (Lipinski definition) is 0. The van der Waals surface area contributed by atoms with Crippen molar-refractivity contribution in [2.75, 3.05) is 0 Å². The first-order valence-electron chi connectivity index (χ1n) is 0. The van der Waals surface area contributed by atoms with E-state index >= 15 is 0 Å². The van der Waals surface area contributed by atoms with E-state index in [0.717, 1.165) is 0 Å². The number of hydrogen-bond donors (Lipinski definition) is 0. The summed E-state index contributed by atoms with van der Waals surface area (Å²) in [7, 11) is 0. The quantitative estimate of drug-likeness (QED) is 0.405. The summed E-state index contributed by atoms with van der Waals surface area (Å²) in [6, 6.07) is 0. The van der Waals surface area contributed by atoms with Crippen LogP contribution in [0, 0.1) is 0 Å². The third kappa shape index (κ3) is 8.90. The van der Waals surface area contributed by atoms with Gasteiger partial charge in [-0.15, -0.1) is 0 Å². The predicted octanol–water partition coefficient (Wildman–Crippen LogP) is -0.767. The van der Waals surface area contributed by atoms with Crippen molar-refractivity contribution in [1.29, 1.82) is 0 Å². The molecule has 0 fully saturated rings. The van der Waals surface area contributed by atoms with E-state index in [9.17, 15) is 0 Å². The van der Waals surface area contributed by atoms with Crippen LogP contribution in [0.2, 0.25) is 0 Å². The molecule has 4 heteroatoms. The summed E-state index contributed by atoms with van der Waals surface area (Å²) in [6.07, 6.45) is 0. The van der Waals surface area contributed by atoms with E-state index in [2.05, 4.69) is 0 Å². The first kappa shape index (κ1) is 27.8. The molecule has 0 unspecified atom stereocenters. The molecule has 0 aliphatic carbocycles. The van der Waals surface area contributed by atoms with Crippen molar-refractivity contribution in [3.63, 3.8) is 0 Å². The zero-order valence-electron chi connectivity index (χ0n) is 2.73. The molecular formula is FeMnNa2. The van der Waals surface area contributed by atoms with Crippen LogP contribution < -0.4 is 0 Å². The van der Waals surface area contributed by atoms with Crippen LogP contribution in [0.4, 0.5) is 0 Å². The fourth-order valence-electron chi connectivity index (χ4n) is 0. The summed E-state index contributed by atoms with van der Waals surface area (Å²) in [5.74, 6) is 0. The third-order valence-corrected chi connectivity index (χ3v) is 0. The molecule has 0 amide bonds. The van der Waals surface area contributed by atoms with Gasteiger partial charge in [0.25, 0.3) is 0 Å². The van der Waals surface area contributed by atoms with E-state index in [1.165, 1.54) is 0 Å². The van der Waals surface area contributed by atoms with Crippen molar-refractivity contribution in [3.05, 3.63) is 0 Å². The topological polar surface area (TPSA) is 0 Å². The summed E-state index contributed by atoms with van der Waals surface area (Å²) < 4.78 is 0. The zero-order chi connectivity index (χ0) is 0. The molecule has 0 heterocycles. The standard InChI is InChI=1S/Fe.Mn.2Na. The molecule has 4 heavy (non-hydrogen) atoms. The van der Waals surface area contributed by atoms with Gasteiger partial charge in [0.15, 0.2) is 0 Å². The second kappa shape index (κ2) is 16.6. The fourth-order valence-corrected chi connectivity index (χ4v) is 0. The molecule has 0 atom stereocenters. The summed E-state index contributed by atoms with van der Waals surface area (Å²) in [5.41, 5.74) is 0. The van der Waals surface area contributed by atoms with Gasteiger partial charge < -0.3 is 0 Å². The first-order chi connectivity index (χ1) is 0. The van der Waals surface area contributed by atoms with E-state index in [1.807, 2.05) is 0 Å². The van der Waals surface area contributed by atoms with Crippen LogP contribution >= 0.6 is 0 Å². The van der Waals surface area contributed by atoms with E-state index in [4.69, 9.17) is 0 Å². The Morgan fingerprint density at radius 1 is 0.750 bits per heavy atom. The van der Waals surface area contributed by atoms with Crippen molar-refractivity contribution in [2.45, 2.75) is 0 Å².